The minimum atomic E-state index is -0.767. The molecule has 0 saturated carbocycles. The van der Waals surface area contributed by atoms with Crippen LogP contribution in [0.2, 0.25) is 0 Å². The second-order valence-electron chi connectivity index (χ2n) is 10.6. The van der Waals surface area contributed by atoms with Gasteiger partial charge in [-0.1, -0.05) is 46.2 Å². The Morgan fingerprint density at radius 2 is 1.84 bits per heavy atom. The van der Waals surface area contributed by atoms with Gasteiger partial charge in [0.25, 0.3) is 0 Å². The normalized spacial score (nSPS) is 25.9. The first-order valence-electron chi connectivity index (χ1n) is 13.5. The number of ether oxygens (including phenoxy) is 1. The second-order valence-corrected chi connectivity index (χ2v) is 10.6. The number of nitrogens with zero attached hydrogens (tertiary/aromatic N) is 1. The zero-order chi connectivity index (χ0) is 27.7. The number of hydrogen-bond acceptors (Lipinski definition) is 5. The molecule has 1 aromatic rings. The zero-order valence-electron chi connectivity index (χ0n) is 23.4. The predicted octanol–water partition coefficient (Wildman–Crippen LogP) is 3.04. The fraction of sp³-hybridized carbons (Fsp3) is 0.679. The van der Waals surface area contributed by atoms with Crippen LogP contribution in [-0.4, -0.2) is 67.0 Å². The van der Waals surface area contributed by atoms with Crippen LogP contribution in [0, 0.1) is 17.7 Å². The van der Waals surface area contributed by atoms with E-state index in [0.29, 0.717) is 32.4 Å². The molecule has 3 amide bonds. The van der Waals surface area contributed by atoms with Gasteiger partial charge in [-0.3, -0.25) is 14.4 Å². The van der Waals surface area contributed by atoms with Gasteiger partial charge >= 0.3 is 0 Å². The lowest BCUT2D eigenvalue weighted by atomic mass is 9.97. The summed E-state index contributed by atoms with van der Waals surface area (Å²) in [6, 6.07) is 2.81. The van der Waals surface area contributed by atoms with Crippen molar-refractivity contribution >= 4 is 17.7 Å². The highest BCUT2D eigenvalue weighted by molar-refractivity contribution is 5.92. The summed E-state index contributed by atoms with van der Waals surface area (Å²) in [5, 5.41) is 9.06. The van der Waals surface area contributed by atoms with Crippen molar-refractivity contribution in [3.63, 3.8) is 0 Å². The van der Waals surface area contributed by atoms with E-state index in [2.05, 4.69) is 16.0 Å². The van der Waals surface area contributed by atoms with E-state index < -0.39 is 30.0 Å². The highest BCUT2D eigenvalue weighted by Gasteiger charge is 2.33. The molecular formula is C28H45FN4O4. The molecule has 1 unspecified atom stereocenters. The lowest BCUT2D eigenvalue weighted by Crippen LogP contribution is -2.57. The summed E-state index contributed by atoms with van der Waals surface area (Å²) in [7, 11) is 1.60. The lowest BCUT2D eigenvalue weighted by Gasteiger charge is -2.33. The molecule has 0 fully saturated rings. The number of amides is 3. The zero-order valence-corrected chi connectivity index (χ0v) is 23.4. The number of hydrogen-bond donors (Lipinski definition) is 3. The summed E-state index contributed by atoms with van der Waals surface area (Å²) in [6.45, 7) is 12.1. The fourth-order valence-corrected chi connectivity index (χ4v) is 4.38. The fourth-order valence-electron chi connectivity index (χ4n) is 4.38. The molecule has 2 rings (SSSR count). The third-order valence-corrected chi connectivity index (χ3v) is 7.04. The topological polar surface area (TPSA) is 99.8 Å². The summed E-state index contributed by atoms with van der Waals surface area (Å²) in [5.41, 5.74) is 0.720. The number of halogens is 1. The van der Waals surface area contributed by atoms with Gasteiger partial charge in [-0.25, -0.2) is 4.39 Å². The van der Waals surface area contributed by atoms with E-state index in [9.17, 15) is 18.8 Å². The van der Waals surface area contributed by atoms with Crippen LogP contribution >= 0.6 is 0 Å². The first-order valence-corrected chi connectivity index (χ1v) is 13.5. The molecular weight excluding hydrogens is 475 g/mol. The van der Waals surface area contributed by atoms with Crippen LogP contribution < -0.4 is 20.7 Å². The number of carbonyl (C=O) groups is 3. The van der Waals surface area contributed by atoms with Crippen LogP contribution in [0.3, 0.4) is 0 Å². The van der Waals surface area contributed by atoms with E-state index in [-0.39, 0.29) is 35.3 Å². The smallest absolute Gasteiger partial charge is 0.243 e. The van der Waals surface area contributed by atoms with Gasteiger partial charge in [-0.15, -0.1) is 0 Å². The van der Waals surface area contributed by atoms with Gasteiger partial charge in [-0.2, -0.15) is 0 Å². The largest absolute Gasteiger partial charge is 0.486 e. The Hall–Kier alpha value is -2.68. The van der Waals surface area contributed by atoms with Crippen molar-refractivity contribution in [3.05, 3.63) is 29.6 Å². The van der Waals surface area contributed by atoms with Gasteiger partial charge in [0.2, 0.25) is 17.7 Å². The van der Waals surface area contributed by atoms with Crippen LogP contribution in [0.4, 0.5) is 4.39 Å². The van der Waals surface area contributed by atoms with Gasteiger partial charge in [0.1, 0.15) is 18.2 Å². The molecule has 0 radical (unpaired) electrons. The molecule has 1 aromatic carbocycles. The maximum Gasteiger partial charge on any atom is 0.243 e. The molecule has 208 valence electrons. The Morgan fingerprint density at radius 3 is 2.49 bits per heavy atom. The van der Waals surface area contributed by atoms with E-state index in [0.717, 1.165) is 12.0 Å². The Balaban J connectivity index is 2.38. The molecule has 0 spiro atoms. The molecule has 5 atom stereocenters. The van der Waals surface area contributed by atoms with Crippen molar-refractivity contribution in [2.75, 3.05) is 20.1 Å². The molecule has 1 heterocycles. The Morgan fingerprint density at radius 1 is 1.14 bits per heavy atom. The van der Waals surface area contributed by atoms with Crippen LogP contribution in [0.5, 0.6) is 5.75 Å². The molecule has 3 N–H and O–H groups in total. The van der Waals surface area contributed by atoms with E-state index >= 15 is 0 Å². The number of carbonyl (C=O) groups excluding carboxylic acids is 3. The monoisotopic (exact) mass is 520 g/mol. The summed E-state index contributed by atoms with van der Waals surface area (Å²) >= 11 is 0. The molecule has 0 aromatic heterocycles. The van der Waals surface area contributed by atoms with Crippen molar-refractivity contribution < 1.29 is 23.5 Å². The van der Waals surface area contributed by atoms with E-state index in [1.807, 2.05) is 40.7 Å². The minimum absolute atomic E-state index is 0.00787. The van der Waals surface area contributed by atoms with Gasteiger partial charge < -0.3 is 25.6 Å². The van der Waals surface area contributed by atoms with Crippen LogP contribution in [-0.2, 0) is 20.8 Å². The first kappa shape index (κ1) is 30.5. The quantitative estimate of drug-likeness (QED) is 0.567. The van der Waals surface area contributed by atoms with E-state index in [1.165, 1.54) is 11.0 Å². The highest BCUT2D eigenvalue weighted by Crippen LogP contribution is 2.25. The minimum Gasteiger partial charge on any atom is -0.486 e. The molecule has 1 aliphatic heterocycles. The molecule has 1 aliphatic rings. The third-order valence-electron chi connectivity index (χ3n) is 7.04. The molecule has 9 heteroatoms. The first-order chi connectivity index (χ1) is 17.5. The number of likely N-dealkylation sites (N-methyl/N-ethyl adjacent to an activating group) is 1. The number of benzene rings is 1. The average molecular weight is 521 g/mol. The maximum absolute atomic E-state index is 14.7. The SMILES string of the molecule is CCC(C)[C@@H]1NC[C@@H](C)Oc2c(F)cccc2CCCNC(=O)[C@@H](CC(C)C)NC(=O)[C@@H](C)N(C)C1=O. The summed E-state index contributed by atoms with van der Waals surface area (Å²) in [4.78, 5) is 41.0. The number of fused-ring (bicyclic) bond motifs is 1. The van der Waals surface area contributed by atoms with Crippen molar-refractivity contribution in [1.82, 2.24) is 20.9 Å². The third kappa shape index (κ3) is 8.69. The summed E-state index contributed by atoms with van der Waals surface area (Å²) in [6.07, 6.45) is 1.92. The number of nitrogens with one attached hydrogen (secondary N) is 3. The predicted molar refractivity (Wildman–Crippen MR) is 143 cm³/mol. The van der Waals surface area contributed by atoms with Crippen LogP contribution in [0.25, 0.3) is 0 Å². The van der Waals surface area contributed by atoms with Gasteiger partial charge in [-0.05, 0) is 56.6 Å². The van der Waals surface area contributed by atoms with Crippen molar-refractivity contribution in [1.29, 1.82) is 0 Å². The van der Waals surface area contributed by atoms with Gasteiger partial charge in [0, 0.05) is 20.1 Å². The van der Waals surface area contributed by atoms with Crippen molar-refractivity contribution in [2.45, 2.75) is 91.5 Å². The molecule has 37 heavy (non-hydrogen) atoms. The average Bonchev–Trinajstić information content (AvgIpc) is 2.85. The van der Waals surface area contributed by atoms with Crippen molar-refractivity contribution in [3.8, 4) is 5.75 Å². The molecule has 8 nitrogen and oxygen atoms in total. The summed E-state index contributed by atoms with van der Waals surface area (Å²) in [5.74, 6) is -0.934. The lowest BCUT2D eigenvalue weighted by molar-refractivity contribution is -0.141. The van der Waals surface area contributed by atoms with Crippen molar-refractivity contribution in [2.24, 2.45) is 11.8 Å². The molecule has 0 aliphatic carbocycles. The Kier molecular flexibility index (Phi) is 11.8. The van der Waals surface area contributed by atoms with Crippen LogP contribution in [0.1, 0.15) is 66.4 Å². The van der Waals surface area contributed by atoms with Crippen LogP contribution in [0.15, 0.2) is 18.2 Å². The molecule has 0 saturated heterocycles. The van der Waals surface area contributed by atoms with Gasteiger partial charge in [0.05, 0.1) is 6.04 Å². The maximum atomic E-state index is 14.7. The number of aryl methyl sites for hydroxylation is 1. The highest BCUT2D eigenvalue weighted by atomic mass is 19.1. The number of para-hydroxylation sites is 1. The standard InChI is InChI=1S/C28H45FN4O4/c1-8-18(4)24-28(36)33(7)20(6)26(34)32-23(15-17(2)3)27(35)30-14-10-12-21-11-9-13-22(29)25(21)37-19(5)16-31-24/h9,11,13,17-20,23-24,31H,8,10,12,14-16H2,1-7H3,(H,30,35)(H,32,34)/t18?,19-,20-,23-,24+/m1/s1. The van der Waals surface area contributed by atoms with Gasteiger partial charge in [0.15, 0.2) is 11.6 Å². The Labute approximate surface area is 221 Å². The van der Waals surface area contributed by atoms with E-state index in [1.54, 1.807) is 20.0 Å². The second kappa shape index (κ2) is 14.3. The molecule has 0 bridgehead atoms. The number of rotatable bonds is 4. The Bertz CT molecular complexity index is 925. The van der Waals surface area contributed by atoms with E-state index in [4.69, 9.17) is 4.74 Å². The summed E-state index contributed by atoms with van der Waals surface area (Å²) < 4.78 is 20.7.